The largest absolute Gasteiger partial charge is 0.406 e. The summed E-state index contributed by atoms with van der Waals surface area (Å²) < 4.78 is 111. The van der Waals surface area contributed by atoms with Crippen molar-refractivity contribution in [1.29, 1.82) is 0 Å². The fourth-order valence-electron chi connectivity index (χ4n) is 4.40. The van der Waals surface area contributed by atoms with Crippen LogP contribution < -0.4 is 10.4 Å². The van der Waals surface area contributed by atoms with Crippen LogP contribution in [-0.2, 0) is 14.4 Å². The minimum Gasteiger partial charge on any atom is -0.406 e. The fraction of sp³-hybridized carbons (Fsp3) is 0.290. The molecule has 196 valence electrons. The van der Waals surface area contributed by atoms with E-state index in [1.54, 1.807) is 0 Å². The molecular formula is C31H39NO3SSi. The molecule has 6 heteroatoms. The lowest BCUT2D eigenvalue weighted by Crippen LogP contribution is -2.67. The first-order valence-electron chi connectivity index (χ1n) is 16.4. The highest BCUT2D eigenvalue weighted by atomic mass is 32.2. The lowest BCUT2D eigenvalue weighted by molar-refractivity contribution is 0.203. The van der Waals surface area contributed by atoms with Gasteiger partial charge in [-0.15, -0.1) is 13.1 Å². The Hall–Kier alpha value is -2.77. The van der Waals surface area contributed by atoms with Gasteiger partial charge in [0, 0.05) is 9.24 Å². The normalized spacial score (nSPS) is 17.1. The van der Waals surface area contributed by atoms with Crippen molar-refractivity contribution in [2.24, 2.45) is 0 Å². The molecule has 0 aromatic heterocycles. The van der Waals surface area contributed by atoms with E-state index in [2.05, 4.69) is 6.58 Å². The third-order valence-electron chi connectivity index (χ3n) is 6.09. The molecule has 0 heterocycles. The summed E-state index contributed by atoms with van der Waals surface area (Å²) in [6, 6.07) is 13.1. The van der Waals surface area contributed by atoms with Crippen molar-refractivity contribution in [3.05, 3.63) is 116 Å². The summed E-state index contributed by atoms with van der Waals surface area (Å²) in [5, 5.41) is 1.18. The van der Waals surface area contributed by atoms with Gasteiger partial charge in [0.2, 0.25) is 10.0 Å². The number of benzene rings is 3. The molecule has 3 rings (SSSR count). The van der Waals surface area contributed by atoms with Crippen molar-refractivity contribution in [1.82, 2.24) is 4.31 Å². The number of sulfonamides is 1. The monoisotopic (exact) mass is 542 g/mol. The quantitative estimate of drug-likeness (QED) is 0.218. The Morgan fingerprint density at radius 1 is 1.08 bits per heavy atom. The van der Waals surface area contributed by atoms with Crippen LogP contribution in [0.2, 0.25) is 5.04 Å². The van der Waals surface area contributed by atoms with Crippen molar-refractivity contribution in [2.45, 2.75) is 50.1 Å². The van der Waals surface area contributed by atoms with Crippen LogP contribution in [0.3, 0.4) is 0 Å². The first-order chi connectivity index (χ1) is 21.3. The van der Waals surface area contributed by atoms with E-state index in [0.29, 0.717) is 0 Å². The van der Waals surface area contributed by atoms with E-state index < -0.39 is 84.2 Å². The van der Waals surface area contributed by atoms with Crippen LogP contribution in [0.4, 0.5) is 0 Å². The third kappa shape index (κ3) is 6.21. The minimum atomic E-state index is -5.30. The van der Waals surface area contributed by atoms with Crippen LogP contribution in [-0.4, -0.2) is 40.2 Å². The second-order valence-electron chi connectivity index (χ2n) is 9.64. The van der Waals surface area contributed by atoms with Crippen LogP contribution >= 0.6 is 0 Å². The van der Waals surface area contributed by atoms with Crippen molar-refractivity contribution in [3.8, 4) is 0 Å². The molecule has 0 spiro atoms. The van der Waals surface area contributed by atoms with Gasteiger partial charge in [0.1, 0.15) is 0 Å². The number of rotatable bonds is 12. The SMILES string of the molecule is [2H]C([2H])=C([2H])C([2H])([2H])N([C@@H](CC=C)CO[Si](c1ccccc1)(c1ccccc1)C(C)(C)C)S(=O)(=O)c1c([2H])c([2H])c(C)c([2H])c1[2H]. The second kappa shape index (κ2) is 12.2. The number of hydrogen-bond donors (Lipinski definition) is 0. The maximum Gasteiger partial charge on any atom is 0.261 e. The molecule has 0 aliphatic rings. The summed E-state index contributed by atoms with van der Waals surface area (Å²) >= 11 is 0. The van der Waals surface area contributed by atoms with Gasteiger partial charge in [-0.1, -0.05) is 111 Å². The Morgan fingerprint density at radius 2 is 1.62 bits per heavy atom. The Bertz CT molecular complexity index is 1640. The average Bonchev–Trinajstić information content (AvgIpc) is 2.99. The molecule has 0 N–H and O–H groups in total. The zero-order chi connectivity index (χ0) is 34.8. The van der Waals surface area contributed by atoms with Crippen molar-refractivity contribution in [3.63, 3.8) is 0 Å². The summed E-state index contributed by atoms with van der Waals surface area (Å²) in [6.07, 6.45) is 1.13. The summed E-state index contributed by atoms with van der Waals surface area (Å²) in [4.78, 5) is -1.08. The molecule has 1 atom stereocenters. The van der Waals surface area contributed by atoms with Crippen LogP contribution in [0, 0.1) is 6.92 Å². The van der Waals surface area contributed by atoms with Gasteiger partial charge < -0.3 is 4.43 Å². The highest BCUT2D eigenvalue weighted by Gasteiger charge is 2.50. The van der Waals surface area contributed by atoms with Gasteiger partial charge >= 0.3 is 0 Å². The van der Waals surface area contributed by atoms with Gasteiger partial charge in [-0.2, -0.15) is 4.31 Å². The Balaban J connectivity index is 2.37. The van der Waals surface area contributed by atoms with Gasteiger partial charge in [0.15, 0.2) is 0 Å². The number of nitrogens with zero attached hydrogens (tertiary/aromatic N) is 1. The highest BCUT2D eigenvalue weighted by molar-refractivity contribution is 7.89. The Kier molecular flexibility index (Phi) is 6.08. The standard InChI is InChI=1S/C31H39NO3SSi/c1-7-15-27(32(24-8-2)36(33,34)28-22-20-26(3)21-23-28)25-35-37(31(4,5)6,29-16-11-9-12-17-29)30-18-13-10-14-19-30/h7-14,16-23,27H,1-2,15,24-25H2,3-6H3/t27-/m0/s1/i2D2,8D,20D,21D,22D,23D,24D2. The first-order valence-corrected chi connectivity index (χ1v) is 15.2. The maximum atomic E-state index is 14.5. The van der Waals surface area contributed by atoms with Gasteiger partial charge in [0.05, 0.1) is 27.1 Å². The molecule has 37 heavy (non-hydrogen) atoms. The van der Waals surface area contributed by atoms with E-state index in [-0.39, 0.29) is 16.3 Å². The summed E-state index contributed by atoms with van der Waals surface area (Å²) in [6.45, 7) is 5.99. The predicted molar refractivity (Wildman–Crippen MR) is 157 cm³/mol. The molecule has 0 saturated heterocycles. The Labute approximate surface area is 237 Å². The van der Waals surface area contributed by atoms with Crippen LogP contribution in [0.25, 0.3) is 0 Å². The van der Waals surface area contributed by atoms with E-state index in [1.807, 2.05) is 81.4 Å². The van der Waals surface area contributed by atoms with E-state index in [9.17, 15) is 8.42 Å². The fourth-order valence-corrected chi connectivity index (χ4v) is 10.3. The average molecular weight is 543 g/mol. The minimum absolute atomic E-state index is 0.0955. The van der Waals surface area contributed by atoms with Gasteiger partial charge in [0.25, 0.3) is 8.32 Å². The van der Waals surface area contributed by atoms with E-state index >= 15 is 0 Å². The third-order valence-corrected chi connectivity index (χ3v) is 12.7. The first kappa shape index (κ1) is 18.5. The molecule has 0 saturated carbocycles. The summed E-state index contributed by atoms with van der Waals surface area (Å²) in [5.41, 5.74) is -0.0955. The van der Waals surface area contributed by atoms with Gasteiger partial charge in [-0.3, -0.25) is 0 Å². The summed E-state index contributed by atoms with van der Waals surface area (Å²) in [7, 11) is -8.63. The second-order valence-corrected chi connectivity index (χ2v) is 15.7. The highest BCUT2D eigenvalue weighted by Crippen LogP contribution is 2.37. The zero-order valence-electron chi connectivity index (χ0n) is 30.6. The Morgan fingerprint density at radius 3 is 2.08 bits per heavy atom. The molecule has 3 aromatic rings. The van der Waals surface area contributed by atoms with Gasteiger partial charge in [-0.25, -0.2) is 8.42 Å². The molecule has 0 radical (unpaired) electrons. The molecule has 0 bridgehead atoms. The lowest BCUT2D eigenvalue weighted by Gasteiger charge is -2.44. The van der Waals surface area contributed by atoms with Crippen LogP contribution in [0.15, 0.2) is 115 Å². The van der Waals surface area contributed by atoms with Gasteiger partial charge in [-0.05, 0) is 40.8 Å². The molecule has 4 nitrogen and oxygen atoms in total. The van der Waals surface area contributed by atoms with Crippen molar-refractivity contribution in [2.75, 3.05) is 13.1 Å². The molecule has 0 fully saturated rings. The van der Waals surface area contributed by atoms with Crippen molar-refractivity contribution < 1.29 is 25.2 Å². The van der Waals surface area contributed by atoms with E-state index in [1.165, 1.54) is 13.0 Å². The zero-order valence-corrected chi connectivity index (χ0v) is 23.4. The van der Waals surface area contributed by atoms with Crippen molar-refractivity contribution >= 4 is 28.7 Å². The molecule has 0 unspecified atom stereocenters. The molecule has 0 aliphatic heterocycles. The molecule has 0 amide bonds. The smallest absolute Gasteiger partial charge is 0.261 e. The van der Waals surface area contributed by atoms with Crippen LogP contribution in [0.1, 0.15) is 45.1 Å². The maximum absolute atomic E-state index is 14.5. The number of hydrogen-bond acceptors (Lipinski definition) is 3. The summed E-state index contributed by atoms with van der Waals surface area (Å²) in [5.74, 6) is 0. The molecular weight excluding hydrogens is 494 g/mol. The topological polar surface area (TPSA) is 46.6 Å². The molecule has 3 aromatic carbocycles. The lowest BCUT2D eigenvalue weighted by atomic mass is 10.2. The van der Waals surface area contributed by atoms with E-state index in [0.717, 1.165) is 10.4 Å². The van der Waals surface area contributed by atoms with E-state index in [4.69, 9.17) is 16.8 Å². The molecule has 0 aliphatic carbocycles. The predicted octanol–water partition coefficient (Wildman–Crippen LogP) is 5.69. The van der Waals surface area contributed by atoms with Crippen LogP contribution in [0.5, 0.6) is 0 Å².